The van der Waals surface area contributed by atoms with Crippen LogP contribution in [-0.4, -0.2) is 18.8 Å². The van der Waals surface area contributed by atoms with Gasteiger partial charge in [0.25, 0.3) is 0 Å². The summed E-state index contributed by atoms with van der Waals surface area (Å²) in [6.45, 7) is 2.31. The van der Waals surface area contributed by atoms with Gasteiger partial charge in [0.15, 0.2) is 0 Å². The number of hydrogen-bond donors (Lipinski definition) is 1. The third-order valence-corrected chi connectivity index (χ3v) is 2.18. The van der Waals surface area contributed by atoms with E-state index in [1.807, 2.05) is 0 Å². The van der Waals surface area contributed by atoms with Crippen molar-refractivity contribution in [3.8, 4) is 0 Å². The van der Waals surface area contributed by atoms with Gasteiger partial charge in [0, 0.05) is 6.04 Å². The molecule has 0 spiro atoms. The maximum Gasteiger partial charge on any atom is 0.393 e. The molecule has 0 aromatic rings. The van der Waals surface area contributed by atoms with E-state index in [9.17, 15) is 13.2 Å². The van der Waals surface area contributed by atoms with Crippen LogP contribution in [0.25, 0.3) is 0 Å². The molecule has 1 heterocycles. The summed E-state index contributed by atoms with van der Waals surface area (Å²) < 4.78 is 36.5. The Morgan fingerprint density at radius 3 is 2.36 bits per heavy atom. The maximum absolute atomic E-state index is 12.2. The van der Waals surface area contributed by atoms with Gasteiger partial charge in [-0.3, -0.25) is 0 Å². The average Bonchev–Trinajstić information content (AvgIpc) is 1.86. The van der Waals surface area contributed by atoms with Crippen LogP contribution in [0.3, 0.4) is 0 Å². The van der Waals surface area contributed by atoms with Gasteiger partial charge < -0.3 is 5.32 Å². The molecule has 0 amide bonds. The maximum atomic E-state index is 12.2. The lowest BCUT2D eigenvalue weighted by Crippen LogP contribution is -2.45. The fourth-order valence-electron chi connectivity index (χ4n) is 1.49. The first-order valence-electron chi connectivity index (χ1n) is 3.82. The zero-order chi connectivity index (χ0) is 8.48. The number of hydrogen-bond acceptors (Lipinski definition) is 1. The molecular formula is C7H12F3N. The predicted octanol–water partition coefficient (Wildman–Crippen LogP) is 1.94. The van der Waals surface area contributed by atoms with E-state index in [1.54, 1.807) is 6.92 Å². The van der Waals surface area contributed by atoms with Crippen molar-refractivity contribution in [2.45, 2.75) is 32.0 Å². The lowest BCUT2D eigenvalue weighted by molar-refractivity contribution is -0.186. The Bertz CT molecular complexity index is 132. The number of rotatable bonds is 0. The summed E-state index contributed by atoms with van der Waals surface area (Å²) in [6.07, 6.45) is -3.11. The molecule has 0 aromatic carbocycles. The van der Waals surface area contributed by atoms with E-state index in [1.165, 1.54) is 0 Å². The Morgan fingerprint density at radius 2 is 2.00 bits per heavy atom. The van der Waals surface area contributed by atoms with Gasteiger partial charge in [-0.25, -0.2) is 0 Å². The topological polar surface area (TPSA) is 12.0 Å². The highest BCUT2D eigenvalue weighted by molar-refractivity contribution is 4.82. The smallest absolute Gasteiger partial charge is 0.314 e. The van der Waals surface area contributed by atoms with Crippen LogP contribution < -0.4 is 5.32 Å². The van der Waals surface area contributed by atoms with Crippen molar-refractivity contribution in [3.63, 3.8) is 0 Å². The molecule has 0 radical (unpaired) electrons. The van der Waals surface area contributed by atoms with Gasteiger partial charge in [0.2, 0.25) is 0 Å². The number of piperidine rings is 1. The molecule has 0 aliphatic carbocycles. The zero-order valence-electron chi connectivity index (χ0n) is 6.41. The number of nitrogens with one attached hydrogen (secondary N) is 1. The molecule has 11 heavy (non-hydrogen) atoms. The average molecular weight is 167 g/mol. The van der Waals surface area contributed by atoms with Crippen LogP contribution in [0.5, 0.6) is 0 Å². The summed E-state index contributed by atoms with van der Waals surface area (Å²) in [4.78, 5) is 0. The second kappa shape index (κ2) is 3.01. The molecule has 2 atom stereocenters. The van der Waals surface area contributed by atoms with E-state index in [-0.39, 0.29) is 6.42 Å². The van der Waals surface area contributed by atoms with Crippen molar-refractivity contribution in [1.29, 1.82) is 0 Å². The van der Waals surface area contributed by atoms with Gasteiger partial charge >= 0.3 is 6.18 Å². The molecule has 0 aromatic heterocycles. The fraction of sp³-hybridized carbons (Fsp3) is 1.00. The summed E-state index contributed by atoms with van der Waals surface area (Å²) in [5, 5.41) is 2.82. The van der Waals surface area contributed by atoms with Crippen LogP contribution in [0.4, 0.5) is 13.2 Å². The lowest BCUT2D eigenvalue weighted by Gasteiger charge is -2.31. The molecule has 1 N–H and O–H groups in total. The van der Waals surface area contributed by atoms with Gasteiger partial charge in [-0.05, 0) is 26.3 Å². The van der Waals surface area contributed by atoms with E-state index < -0.39 is 18.1 Å². The van der Waals surface area contributed by atoms with Crippen molar-refractivity contribution >= 4 is 0 Å². The normalized spacial score (nSPS) is 33.8. The van der Waals surface area contributed by atoms with Crippen molar-refractivity contribution in [3.05, 3.63) is 0 Å². The highest BCUT2D eigenvalue weighted by Crippen LogP contribution is 2.33. The molecule has 1 nitrogen and oxygen atoms in total. The standard InChI is InChI=1S/C7H12F3N/c1-5-6(7(8,9)10)3-2-4-11-5/h5-6,11H,2-4H2,1H3/t5-,6-/m0/s1. The molecule has 0 saturated carbocycles. The van der Waals surface area contributed by atoms with Crippen molar-refractivity contribution < 1.29 is 13.2 Å². The quantitative estimate of drug-likeness (QED) is 0.581. The zero-order valence-corrected chi connectivity index (χ0v) is 6.41. The number of halogens is 3. The van der Waals surface area contributed by atoms with E-state index in [4.69, 9.17) is 0 Å². The molecule has 0 unspecified atom stereocenters. The van der Waals surface area contributed by atoms with Crippen LogP contribution in [0, 0.1) is 5.92 Å². The molecule has 1 rings (SSSR count). The van der Waals surface area contributed by atoms with Crippen molar-refractivity contribution in [2.24, 2.45) is 5.92 Å². The lowest BCUT2D eigenvalue weighted by atomic mass is 9.92. The largest absolute Gasteiger partial charge is 0.393 e. The highest BCUT2D eigenvalue weighted by atomic mass is 19.4. The Kier molecular flexibility index (Phi) is 2.42. The minimum atomic E-state index is -4.02. The molecule has 1 saturated heterocycles. The number of alkyl halides is 3. The Labute approximate surface area is 64.0 Å². The Balaban J connectivity index is 2.55. The monoisotopic (exact) mass is 167 g/mol. The van der Waals surface area contributed by atoms with Gasteiger partial charge in [0.05, 0.1) is 5.92 Å². The summed E-state index contributed by atoms with van der Waals surface area (Å²) in [5.74, 6) is -1.14. The molecular weight excluding hydrogens is 155 g/mol. The molecule has 1 aliphatic rings. The van der Waals surface area contributed by atoms with Crippen LogP contribution >= 0.6 is 0 Å². The van der Waals surface area contributed by atoms with Crippen LogP contribution in [-0.2, 0) is 0 Å². The first-order valence-corrected chi connectivity index (χ1v) is 3.82. The minimum absolute atomic E-state index is 0.275. The summed E-state index contributed by atoms with van der Waals surface area (Å²) >= 11 is 0. The first kappa shape index (κ1) is 8.84. The molecule has 4 heteroatoms. The third-order valence-electron chi connectivity index (χ3n) is 2.18. The summed E-state index contributed by atoms with van der Waals surface area (Å²) in [6, 6.07) is -0.413. The Hall–Kier alpha value is -0.250. The van der Waals surface area contributed by atoms with Crippen LogP contribution in [0.1, 0.15) is 19.8 Å². The van der Waals surface area contributed by atoms with E-state index >= 15 is 0 Å². The third kappa shape index (κ3) is 2.09. The Morgan fingerprint density at radius 1 is 1.36 bits per heavy atom. The van der Waals surface area contributed by atoms with E-state index in [0.717, 1.165) is 0 Å². The van der Waals surface area contributed by atoms with Crippen molar-refractivity contribution in [2.75, 3.05) is 6.54 Å². The van der Waals surface area contributed by atoms with Crippen LogP contribution in [0.2, 0.25) is 0 Å². The highest BCUT2D eigenvalue weighted by Gasteiger charge is 2.43. The molecule has 66 valence electrons. The summed E-state index contributed by atoms with van der Waals surface area (Å²) in [5.41, 5.74) is 0. The van der Waals surface area contributed by atoms with Gasteiger partial charge in [-0.1, -0.05) is 0 Å². The van der Waals surface area contributed by atoms with Gasteiger partial charge in [0.1, 0.15) is 0 Å². The fourth-order valence-corrected chi connectivity index (χ4v) is 1.49. The summed E-state index contributed by atoms with van der Waals surface area (Å²) in [7, 11) is 0. The molecule has 1 fully saturated rings. The van der Waals surface area contributed by atoms with Gasteiger partial charge in [-0.15, -0.1) is 0 Å². The minimum Gasteiger partial charge on any atom is -0.314 e. The van der Waals surface area contributed by atoms with Crippen molar-refractivity contribution in [1.82, 2.24) is 5.32 Å². The van der Waals surface area contributed by atoms with Crippen LogP contribution in [0.15, 0.2) is 0 Å². The molecule has 0 bridgehead atoms. The van der Waals surface area contributed by atoms with E-state index in [0.29, 0.717) is 13.0 Å². The predicted molar refractivity (Wildman–Crippen MR) is 36.2 cm³/mol. The van der Waals surface area contributed by atoms with E-state index in [2.05, 4.69) is 5.32 Å². The first-order chi connectivity index (χ1) is 5.02. The van der Waals surface area contributed by atoms with Gasteiger partial charge in [-0.2, -0.15) is 13.2 Å². The second-order valence-corrected chi connectivity index (χ2v) is 3.03. The SMILES string of the molecule is C[C@@H]1NCCC[C@@H]1C(F)(F)F. The second-order valence-electron chi connectivity index (χ2n) is 3.03. The molecule has 1 aliphatic heterocycles.